The van der Waals surface area contributed by atoms with Crippen molar-refractivity contribution in [3.05, 3.63) is 29.8 Å². The minimum absolute atomic E-state index is 0.0118. The molecule has 0 N–H and O–H groups in total. The molecular weight excluding hydrogens is 240 g/mol. The summed E-state index contributed by atoms with van der Waals surface area (Å²) in [6, 6.07) is 5.74. The third-order valence-corrected chi connectivity index (χ3v) is 3.15. The number of benzene rings is 1. The van der Waals surface area contributed by atoms with E-state index in [0.717, 1.165) is 0 Å². The summed E-state index contributed by atoms with van der Waals surface area (Å²) < 4.78 is 26.3. The lowest BCUT2D eigenvalue weighted by Gasteiger charge is -2.00. The van der Waals surface area contributed by atoms with Gasteiger partial charge in [0.1, 0.15) is 0 Å². The van der Waals surface area contributed by atoms with Gasteiger partial charge in [-0.1, -0.05) is 12.1 Å². The highest BCUT2D eigenvalue weighted by molar-refractivity contribution is 8.13. The summed E-state index contributed by atoms with van der Waals surface area (Å²) in [6.45, 7) is 0. The third kappa shape index (κ3) is 3.53. The fraction of sp³-hybridized carbons (Fsp3) is 0.222. The summed E-state index contributed by atoms with van der Waals surface area (Å²) in [7, 11) is 2.72. The number of halogens is 1. The number of rotatable bonds is 3. The van der Waals surface area contributed by atoms with Crippen molar-refractivity contribution in [2.24, 2.45) is 0 Å². The molecule has 1 aromatic rings. The van der Waals surface area contributed by atoms with Crippen molar-refractivity contribution >= 4 is 25.7 Å². The summed E-state index contributed by atoms with van der Waals surface area (Å²) in [5, 5.41) is 0. The fourth-order valence-electron chi connectivity index (χ4n) is 1.01. The van der Waals surface area contributed by atoms with E-state index in [1.54, 1.807) is 0 Å². The van der Waals surface area contributed by atoms with Crippen molar-refractivity contribution in [1.82, 2.24) is 0 Å². The van der Waals surface area contributed by atoms with Gasteiger partial charge in [0.25, 0.3) is 9.05 Å². The van der Waals surface area contributed by atoms with Crippen LogP contribution in [0.3, 0.4) is 0 Å². The van der Waals surface area contributed by atoms with Crippen LogP contribution in [0.15, 0.2) is 29.2 Å². The Bertz CT molecular complexity index is 450. The zero-order valence-electron chi connectivity index (χ0n) is 7.94. The van der Waals surface area contributed by atoms with Crippen LogP contribution < -0.4 is 0 Å². The van der Waals surface area contributed by atoms with Crippen LogP contribution in [0.25, 0.3) is 0 Å². The largest absolute Gasteiger partial charge is 0.469 e. The molecular formula is C9H9ClO4S. The van der Waals surface area contributed by atoms with Crippen molar-refractivity contribution in [1.29, 1.82) is 0 Å². The number of hydrogen-bond acceptors (Lipinski definition) is 4. The average Bonchev–Trinajstić information content (AvgIpc) is 2.17. The van der Waals surface area contributed by atoms with E-state index in [0.29, 0.717) is 5.56 Å². The van der Waals surface area contributed by atoms with E-state index in [1.807, 2.05) is 0 Å². The van der Waals surface area contributed by atoms with E-state index in [9.17, 15) is 13.2 Å². The Labute approximate surface area is 92.2 Å². The summed E-state index contributed by atoms with van der Waals surface area (Å²) in [5.41, 5.74) is 0.672. The first-order valence-corrected chi connectivity index (χ1v) is 6.35. The Hall–Kier alpha value is -1.07. The van der Waals surface area contributed by atoms with Gasteiger partial charge in [0.15, 0.2) is 0 Å². The second-order valence-corrected chi connectivity index (χ2v) is 5.40. The van der Waals surface area contributed by atoms with Crippen LogP contribution >= 0.6 is 10.7 Å². The first kappa shape index (κ1) is 12.0. The zero-order valence-corrected chi connectivity index (χ0v) is 9.51. The molecule has 0 radical (unpaired) electrons. The Kier molecular flexibility index (Phi) is 3.71. The molecule has 0 bridgehead atoms. The number of carbonyl (C=O) groups is 1. The maximum atomic E-state index is 10.9. The van der Waals surface area contributed by atoms with Gasteiger partial charge in [0, 0.05) is 10.7 Å². The van der Waals surface area contributed by atoms with Crippen LogP contribution in [-0.2, 0) is 25.0 Å². The lowest BCUT2D eigenvalue weighted by molar-refractivity contribution is -0.139. The topological polar surface area (TPSA) is 60.4 Å². The molecule has 0 heterocycles. The van der Waals surface area contributed by atoms with Crippen LogP contribution in [0.5, 0.6) is 0 Å². The molecule has 0 aliphatic heterocycles. The molecule has 0 saturated heterocycles. The normalized spacial score (nSPS) is 11.1. The van der Waals surface area contributed by atoms with Crippen LogP contribution in [0.1, 0.15) is 5.56 Å². The Morgan fingerprint density at radius 3 is 2.27 bits per heavy atom. The third-order valence-electron chi connectivity index (χ3n) is 1.78. The zero-order chi connectivity index (χ0) is 11.5. The highest BCUT2D eigenvalue weighted by Gasteiger charge is 2.09. The van der Waals surface area contributed by atoms with Gasteiger partial charge in [-0.2, -0.15) is 0 Å². The lowest BCUT2D eigenvalue weighted by Crippen LogP contribution is -2.04. The second kappa shape index (κ2) is 4.63. The van der Waals surface area contributed by atoms with Crippen LogP contribution in [0.2, 0.25) is 0 Å². The minimum Gasteiger partial charge on any atom is -0.469 e. The second-order valence-electron chi connectivity index (χ2n) is 2.83. The number of hydrogen-bond donors (Lipinski definition) is 0. The summed E-state index contributed by atoms with van der Waals surface area (Å²) >= 11 is 0. The summed E-state index contributed by atoms with van der Waals surface area (Å²) in [6.07, 6.45) is 0.110. The molecule has 0 aromatic heterocycles. The monoisotopic (exact) mass is 248 g/mol. The molecule has 1 rings (SSSR count). The van der Waals surface area contributed by atoms with Crippen molar-refractivity contribution in [3.63, 3.8) is 0 Å². The Morgan fingerprint density at radius 2 is 1.87 bits per heavy atom. The van der Waals surface area contributed by atoms with Gasteiger partial charge in [0.05, 0.1) is 18.4 Å². The van der Waals surface area contributed by atoms with Crippen molar-refractivity contribution in [2.45, 2.75) is 11.3 Å². The first-order chi connectivity index (χ1) is 6.93. The van der Waals surface area contributed by atoms with Crippen LogP contribution in [-0.4, -0.2) is 21.5 Å². The van der Waals surface area contributed by atoms with E-state index in [1.165, 1.54) is 31.4 Å². The molecule has 0 fully saturated rings. The molecule has 0 saturated carbocycles. The molecule has 0 aliphatic carbocycles. The van der Waals surface area contributed by atoms with E-state index >= 15 is 0 Å². The first-order valence-electron chi connectivity index (χ1n) is 4.04. The highest BCUT2D eigenvalue weighted by atomic mass is 35.7. The predicted molar refractivity (Wildman–Crippen MR) is 55.2 cm³/mol. The Morgan fingerprint density at radius 1 is 1.33 bits per heavy atom. The molecule has 0 atom stereocenters. The van der Waals surface area contributed by atoms with E-state index in [4.69, 9.17) is 10.7 Å². The molecule has 15 heavy (non-hydrogen) atoms. The van der Waals surface area contributed by atoms with Crippen LogP contribution in [0.4, 0.5) is 0 Å². The number of carbonyl (C=O) groups excluding carboxylic acids is 1. The fourth-order valence-corrected chi connectivity index (χ4v) is 1.78. The van der Waals surface area contributed by atoms with Crippen LogP contribution in [0, 0.1) is 0 Å². The number of esters is 1. The highest BCUT2D eigenvalue weighted by Crippen LogP contribution is 2.15. The van der Waals surface area contributed by atoms with Gasteiger partial charge in [-0.3, -0.25) is 4.79 Å². The molecule has 0 aliphatic rings. The van der Waals surface area contributed by atoms with Gasteiger partial charge < -0.3 is 4.74 Å². The van der Waals surface area contributed by atoms with Crippen molar-refractivity contribution < 1.29 is 17.9 Å². The molecule has 6 heteroatoms. The van der Waals surface area contributed by atoms with Gasteiger partial charge in [-0.05, 0) is 17.7 Å². The summed E-state index contributed by atoms with van der Waals surface area (Å²) in [5.74, 6) is -0.378. The van der Waals surface area contributed by atoms with E-state index < -0.39 is 9.05 Å². The molecule has 0 unspecified atom stereocenters. The molecule has 82 valence electrons. The smallest absolute Gasteiger partial charge is 0.309 e. The van der Waals surface area contributed by atoms with Crippen molar-refractivity contribution in [2.75, 3.05) is 7.11 Å². The maximum absolute atomic E-state index is 10.9. The Balaban J connectivity index is 2.86. The van der Waals surface area contributed by atoms with E-state index in [-0.39, 0.29) is 17.3 Å². The van der Waals surface area contributed by atoms with Gasteiger partial charge in [-0.15, -0.1) is 0 Å². The standard InChI is InChI=1S/C9H9ClO4S/c1-14-9(11)6-7-2-4-8(5-3-7)15(10,12)13/h2-5H,6H2,1H3. The van der Waals surface area contributed by atoms with E-state index in [2.05, 4.69) is 4.74 Å². The quantitative estimate of drug-likeness (QED) is 0.598. The molecule has 1 aromatic carbocycles. The van der Waals surface area contributed by atoms with Crippen molar-refractivity contribution in [3.8, 4) is 0 Å². The average molecular weight is 249 g/mol. The lowest BCUT2D eigenvalue weighted by atomic mass is 10.2. The predicted octanol–water partition coefficient (Wildman–Crippen LogP) is 1.33. The molecule has 4 nitrogen and oxygen atoms in total. The molecule has 0 amide bonds. The number of ether oxygens (including phenoxy) is 1. The number of methoxy groups -OCH3 is 1. The van der Waals surface area contributed by atoms with Gasteiger partial charge in [0.2, 0.25) is 0 Å². The SMILES string of the molecule is COC(=O)Cc1ccc(S(=O)(=O)Cl)cc1. The minimum atomic E-state index is -3.70. The summed E-state index contributed by atoms with van der Waals surface area (Å²) in [4.78, 5) is 10.9. The maximum Gasteiger partial charge on any atom is 0.309 e. The molecule has 0 spiro atoms. The van der Waals surface area contributed by atoms with Gasteiger partial charge >= 0.3 is 5.97 Å². The van der Waals surface area contributed by atoms with Gasteiger partial charge in [-0.25, -0.2) is 8.42 Å².